The maximum Gasteiger partial charge on any atom is 0.223 e. The van der Waals surface area contributed by atoms with E-state index in [1.807, 2.05) is 12.1 Å². The molecule has 5 nitrogen and oxygen atoms in total. The van der Waals surface area contributed by atoms with Crippen molar-refractivity contribution in [3.05, 3.63) is 29.8 Å². The van der Waals surface area contributed by atoms with Crippen LogP contribution in [0, 0.1) is 5.92 Å². The number of nitrogens with zero attached hydrogens (tertiary/aromatic N) is 1. The van der Waals surface area contributed by atoms with E-state index in [-0.39, 0.29) is 11.8 Å². The second-order valence-corrected chi connectivity index (χ2v) is 6.16. The van der Waals surface area contributed by atoms with Gasteiger partial charge in [-0.15, -0.1) is 0 Å². The van der Waals surface area contributed by atoms with E-state index in [1.165, 1.54) is 5.56 Å². The maximum atomic E-state index is 12.2. The molecule has 1 amide bonds. The molecule has 0 bridgehead atoms. The molecule has 1 N–H and O–H groups in total. The van der Waals surface area contributed by atoms with Crippen molar-refractivity contribution < 1.29 is 14.3 Å². The monoisotopic (exact) mass is 320 g/mol. The molecule has 2 rings (SSSR count). The minimum atomic E-state index is 0.134. The summed E-state index contributed by atoms with van der Waals surface area (Å²) in [5, 5.41) is 3.06. The predicted molar refractivity (Wildman–Crippen MR) is 90.8 cm³/mol. The SMILES string of the molecule is COCCN(C)CCCNC(=O)[C@@H]1C[C@H]1c1ccc(OC)cc1. The van der Waals surface area contributed by atoms with Gasteiger partial charge >= 0.3 is 0 Å². The molecule has 0 aliphatic heterocycles. The van der Waals surface area contributed by atoms with Gasteiger partial charge < -0.3 is 19.7 Å². The number of likely N-dealkylation sites (N-methyl/N-ethyl adjacent to an activating group) is 1. The number of ether oxygens (including phenoxy) is 2. The first kappa shape index (κ1) is 17.8. The van der Waals surface area contributed by atoms with Gasteiger partial charge in [0.25, 0.3) is 0 Å². The highest BCUT2D eigenvalue weighted by Crippen LogP contribution is 2.47. The first-order chi connectivity index (χ1) is 11.2. The Kier molecular flexibility index (Phi) is 6.86. The van der Waals surface area contributed by atoms with E-state index in [1.54, 1.807) is 14.2 Å². The predicted octanol–water partition coefficient (Wildman–Crippen LogP) is 1.88. The first-order valence-corrected chi connectivity index (χ1v) is 8.25. The number of rotatable bonds is 10. The number of amides is 1. The molecule has 1 aliphatic rings. The molecule has 0 saturated heterocycles. The van der Waals surface area contributed by atoms with Gasteiger partial charge in [-0.1, -0.05) is 12.1 Å². The Labute approximate surface area is 139 Å². The van der Waals surface area contributed by atoms with Crippen molar-refractivity contribution in [3.63, 3.8) is 0 Å². The molecule has 0 unspecified atom stereocenters. The second kappa shape index (κ2) is 8.89. The van der Waals surface area contributed by atoms with Crippen LogP contribution in [0.25, 0.3) is 0 Å². The normalized spacial score (nSPS) is 19.7. The maximum absolute atomic E-state index is 12.2. The Morgan fingerprint density at radius 2 is 2.00 bits per heavy atom. The average molecular weight is 320 g/mol. The highest BCUT2D eigenvalue weighted by Gasteiger charge is 2.43. The van der Waals surface area contributed by atoms with E-state index in [2.05, 4.69) is 29.4 Å². The Morgan fingerprint density at radius 1 is 1.26 bits per heavy atom. The molecule has 1 aromatic carbocycles. The van der Waals surface area contributed by atoms with Crippen molar-refractivity contribution in [2.75, 3.05) is 47.5 Å². The molecule has 0 heterocycles. The molecule has 0 aromatic heterocycles. The molecule has 1 aliphatic carbocycles. The molecular formula is C18H28N2O3. The molecule has 128 valence electrons. The van der Waals surface area contributed by atoms with Gasteiger partial charge in [0.2, 0.25) is 5.91 Å². The number of hydrogen-bond acceptors (Lipinski definition) is 4. The molecule has 1 saturated carbocycles. The minimum absolute atomic E-state index is 0.134. The summed E-state index contributed by atoms with van der Waals surface area (Å²) in [5.41, 5.74) is 1.23. The molecule has 0 spiro atoms. The van der Waals surface area contributed by atoms with Crippen LogP contribution in [-0.4, -0.2) is 58.3 Å². The molecule has 0 radical (unpaired) electrons. The van der Waals surface area contributed by atoms with E-state index in [9.17, 15) is 4.79 Å². The molecular weight excluding hydrogens is 292 g/mol. The number of methoxy groups -OCH3 is 2. The topological polar surface area (TPSA) is 50.8 Å². The molecule has 1 aromatic rings. The number of nitrogens with one attached hydrogen (secondary N) is 1. The second-order valence-electron chi connectivity index (χ2n) is 6.16. The first-order valence-electron chi connectivity index (χ1n) is 8.25. The standard InChI is InChI=1S/C18H28N2O3/c1-20(11-12-22-2)10-4-9-19-18(21)17-13-16(17)14-5-7-15(23-3)8-6-14/h5-8,16-17H,4,9-13H2,1-3H3,(H,19,21)/t16-,17+/m0/s1. The third kappa shape index (κ3) is 5.52. The smallest absolute Gasteiger partial charge is 0.223 e. The Hall–Kier alpha value is -1.59. The van der Waals surface area contributed by atoms with Crippen LogP contribution in [0.4, 0.5) is 0 Å². The van der Waals surface area contributed by atoms with Crippen LogP contribution in [0.5, 0.6) is 5.75 Å². The number of hydrogen-bond donors (Lipinski definition) is 1. The van der Waals surface area contributed by atoms with Gasteiger partial charge in [-0.05, 0) is 50.0 Å². The fourth-order valence-electron chi connectivity index (χ4n) is 2.75. The summed E-state index contributed by atoms with van der Waals surface area (Å²) in [5.74, 6) is 1.54. The van der Waals surface area contributed by atoms with Crippen LogP contribution in [0.3, 0.4) is 0 Å². The fourth-order valence-corrected chi connectivity index (χ4v) is 2.75. The summed E-state index contributed by atoms with van der Waals surface area (Å²) in [7, 11) is 5.44. The Bertz CT molecular complexity index is 490. The summed E-state index contributed by atoms with van der Waals surface area (Å²) in [6.07, 6.45) is 1.91. The van der Waals surface area contributed by atoms with Crippen molar-refractivity contribution in [1.82, 2.24) is 10.2 Å². The van der Waals surface area contributed by atoms with Gasteiger partial charge in [0, 0.05) is 26.1 Å². The van der Waals surface area contributed by atoms with Crippen LogP contribution in [0.1, 0.15) is 24.3 Å². The average Bonchev–Trinajstić information content (AvgIpc) is 3.37. The van der Waals surface area contributed by atoms with E-state index in [0.717, 1.165) is 44.8 Å². The lowest BCUT2D eigenvalue weighted by molar-refractivity contribution is -0.122. The molecule has 2 atom stereocenters. The molecule has 5 heteroatoms. The van der Waals surface area contributed by atoms with Crippen molar-refractivity contribution in [3.8, 4) is 5.75 Å². The van der Waals surface area contributed by atoms with Crippen molar-refractivity contribution >= 4 is 5.91 Å². The zero-order valence-corrected chi connectivity index (χ0v) is 14.4. The zero-order valence-electron chi connectivity index (χ0n) is 14.4. The van der Waals surface area contributed by atoms with Crippen molar-refractivity contribution in [2.24, 2.45) is 5.92 Å². The molecule has 23 heavy (non-hydrogen) atoms. The number of benzene rings is 1. The van der Waals surface area contributed by atoms with Gasteiger partial charge in [-0.25, -0.2) is 0 Å². The lowest BCUT2D eigenvalue weighted by Gasteiger charge is -2.15. The van der Waals surface area contributed by atoms with Crippen LogP contribution >= 0.6 is 0 Å². The Balaban J connectivity index is 1.63. The number of carbonyl (C=O) groups is 1. The summed E-state index contributed by atoms with van der Waals surface area (Å²) >= 11 is 0. The lowest BCUT2D eigenvalue weighted by Crippen LogP contribution is -2.30. The Morgan fingerprint density at radius 3 is 2.65 bits per heavy atom. The van der Waals surface area contributed by atoms with Gasteiger partial charge in [0.05, 0.1) is 13.7 Å². The largest absolute Gasteiger partial charge is 0.497 e. The summed E-state index contributed by atoms with van der Waals surface area (Å²) in [6, 6.07) is 8.03. The summed E-state index contributed by atoms with van der Waals surface area (Å²) < 4.78 is 10.2. The summed E-state index contributed by atoms with van der Waals surface area (Å²) in [4.78, 5) is 14.4. The van der Waals surface area contributed by atoms with Crippen LogP contribution < -0.4 is 10.1 Å². The third-order valence-electron chi connectivity index (χ3n) is 4.36. The van der Waals surface area contributed by atoms with Crippen LogP contribution in [0.15, 0.2) is 24.3 Å². The van der Waals surface area contributed by atoms with Crippen LogP contribution in [-0.2, 0) is 9.53 Å². The van der Waals surface area contributed by atoms with E-state index in [4.69, 9.17) is 9.47 Å². The highest BCUT2D eigenvalue weighted by molar-refractivity contribution is 5.82. The van der Waals surface area contributed by atoms with Gasteiger partial charge in [-0.3, -0.25) is 4.79 Å². The van der Waals surface area contributed by atoms with Gasteiger partial charge in [-0.2, -0.15) is 0 Å². The third-order valence-corrected chi connectivity index (χ3v) is 4.36. The van der Waals surface area contributed by atoms with E-state index < -0.39 is 0 Å². The highest BCUT2D eigenvalue weighted by atomic mass is 16.5. The van der Waals surface area contributed by atoms with E-state index >= 15 is 0 Å². The molecule has 1 fully saturated rings. The van der Waals surface area contributed by atoms with Gasteiger partial charge in [0.1, 0.15) is 5.75 Å². The lowest BCUT2D eigenvalue weighted by atomic mass is 10.1. The summed E-state index contributed by atoms with van der Waals surface area (Å²) in [6.45, 7) is 3.37. The fraction of sp³-hybridized carbons (Fsp3) is 0.611. The van der Waals surface area contributed by atoms with Crippen LogP contribution in [0.2, 0.25) is 0 Å². The number of carbonyl (C=O) groups excluding carboxylic acids is 1. The van der Waals surface area contributed by atoms with E-state index in [0.29, 0.717) is 5.92 Å². The van der Waals surface area contributed by atoms with Crippen molar-refractivity contribution in [2.45, 2.75) is 18.8 Å². The van der Waals surface area contributed by atoms with Crippen molar-refractivity contribution in [1.29, 1.82) is 0 Å². The quantitative estimate of drug-likeness (QED) is 0.669. The zero-order chi connectivity index (χ0) is 16.7. The minimum Gasteiger partial charge on any atom is -0.497 e. The van der Waals surface area contributed by atoms with Gasteiger partial charge in [0.15, 0.2) is 0 Å².